The number of aromatic nitrogens is 1. The summed E-state index contributed by atoms with van der Waals surface area (Å²) in [5.74, 6) is 0.702. The third-order valence-corrected chi connectivity index (χ3v) is 5.99. The molecule has 3 heterocycles. The van der Waals surface area contributed by atoms with Crippen molar-refractivity contribution in [1.82, 2.24) is 14.4 Å². The predicted octanol–water partition coefficient (Wildman–Crippen LogP) is 3.49. The minimum Gasteiger partial charge on any atom is -0.507 e. The summed E-state index contributed by atoms with van der Waals surface area (Å²) in [6.07, 6.45) is 1.59. The van der Waals surface area contributed by atoms with Crippen molar-refractivity contribution >= 4 is 11.6 Å². The van der Waals surface area contributed by atoms with Gasteiger partial charge in [0.1, 0.15) is 11.5 Å². The van der Waals surface area contributed by atoms with E-state index in [4.69, 9.17) is 16.0 Å². The Kier molecular flexibility index (Phi) is 5.99. The van der Waals surface area contributed by atoms with E-state index in [1.165, 1.54) is 0 Å². The highest BCUT2D eigenvalue weighted by molar-refractivity contribution is 6.30. The number of benzene rings is 1. The minimum atomic E-state index is -0.381. The van der Waals surface area contributed by atoms with Crippen LogP contribution in [0.3, 0.4) is 0 Å². The molecule has 1 aliphatic heterocycles. The SMILES string of the molecule is Cc1cc(O)c(C(c2cccc(Cl)c2)N2CCN(C)CC2)c(=O)n1Cc1ccco1. The number of halogens is 1. The highest BCUT2D eigenvalue weighted by Crippen LogP contribution is 2.34. The number of aryl methyl sites for hydroxylation is 1. The first-order valence-corrected chi connectivity index (χ1v) is 10.5. The van der Waals surface area contributed by atoms with Gasteiger partial charge in [0.25, 0.3) is 5.56 Å². The largest absolute Gasteiger partial charge is 0.507 e. The Morgan fingerprint density at radius 1 is 1.13 bits per heavy atom. The lowest BCUT2D eigenvalue weighted by Crippen LogP contribution is -2.47. The summed E-state index contributed by atoms with van der Waals surface area (Å²) in [6.45, 7) is 5.50. The van der Waals surface area contributed by atoms with Crippen LogP contribution in [0.1, 0.15) is 28.6 Å². The molecule has 1 N–H and O–H groups in total. The molecule has 0 radical (unpaired) electrons. The normalized spacial score (nSPS) is 16.6. The minimum absolute atomic E-state index is 0.0112. The van der Waals surface area contributed by atoms with Crippen LogP contribution < -0.4 is 5.56 Å². The van der Waals surface area contributed by atoms with Crippen molar-refractivity contribution in [2.24, 2.45) is 0 Å². The van der Waals surface area contributed by atoms with Crippen LogP contribution in [0.4, 0.5) is 0 Å². The zero-order valence-electron chi connectivity index (χ0n) is 17.2. The average Bonchev–Trinajstić information content (AvgIpc) is 3.22. The molecule has 6 nitrogen and oxygen atoms in total. The second-order valence-corrected chi connectivity index (χ2v) is 8.29. The fourth-order valence-electron chi connectivity index (χ4n) is 4.10. The molecule has 2 aromatic heterocycles. The number of piperazine rings is 1. The standard InChI is InChI=1S/C23H26ClN3O3/c1-16-13-20(28)21(23(29)27(16)15-19-7-4-12-30-19)22(17-5-3-6-18(24)14-17)26-10-8-25(2)9-11-26/h3-7,12-14,22,28H,8-11,15H2,1-2H3. The maximum absolute atomic E-state index is 13.6. The summed E-state index contributed by atoms with van der Waals surface area (Å²) in [7, 11) is 2.09. The van der Waals surface area contributed by atoms with Crippen molar-refractivity contribution in [3.05, 3.63) is 86.7 Å². The first-order chi connectivity index (χ1) is 14.4. The molecule has 3 aromatic rings. The van der Waals surface area contributed by atoms with E-state index in [0.717, 1.165) is 31.7 Å². The first kappa shape index (κ1) is 20.7. The molecule has 1 aromatic carbocycles. The number of nitrogens with zero attached hydrogens (tertiary/aromatic N) is 3. The molecule has 0 spiro atoms. The van der Waals surface area contributed by atoms with Crippen LogP contribution in [0.15, 0.2) is 57.9 Å². The molecule has 158 valence electrons. The van der Waals surface area contributed by atoms with Gasteiger partial charge in [-0.2, -0.15) is 0 Å². The summed E-state index contributed by atoms with van der Waals surface area (Å²) >= 11 is 6.28. The van der Waals surface area contributed by atoms with Crippen LogP contribution in [0.25, 0.3) is 0 Å². The highest BCUT2D eigenvalue weighted by atomic mass is 35.5. The van der Waals surface area contributed by atoms with Crippen molar-refractivity contribution in [1.29, 1.82) is 0 Å². The molecule has 1 atom stereocenters. The quantitative estimate of drug-likeness (QED) is 0.675. The van der Waals surface area contributed by atoms with Gasteiger partial charge < -0.3 is 19.0 Å². The van der Waals surface area contributed by atoms with Gasteiger partial charge in [0.2, 0.25) is 0 Å². The Labute approximate surface area is 180 Å². The Morgan fingerprint density at radius 3 is 2.57 bits per heavy atom. The Morgan fingerprint density at radius 2 is 1.90 bits per heavy atom. The van der Waals surface area contributed by atoms with Gasteiger partial charge in [-0.15, -0.1) is 0 Å². The third-order valence-electron chi connectivity index (χ3n) is 5.76. The van der Waals surface area contributed by atoms with Gasteiger partial charge in [-0.25, -0.2) is 0 Å². The number of furan rings is 1. The number of hydrogen-bond donors (Lipinski definition) is 1. The lowest BCUT2D eigenvalue weighted by molar-refractivity contribution is 0.125. The summed E-state index contributed by atoms with van der Waals surface area (Å²) in [5.41, 5.74) is 1.74. The predicted molar refractivity (Wildman–Crippen MR) is 117 cm³/mol. The van der Waals surface area contributed by atoms with Crippen molar-refractivity contribution in [2.45, 2.75) is 19.5 Å². The Bertz CT molecular complexity index is 1070. The van der Waals surface area contributed by atoms with Gasteiger partial charge >= 0.3 is 0 Å². The van der Waals surface area contributed by atoms with E-state index in [1.54, 1.807) is 23.0 Å². The lowest BCUT2D eigenvalue weighted by atomic mass is 9.96. The first-order valence-electron chi connectivity index (χ1n) is 10.1. The maximum Gasteiger partial charge on any atom is 0.260 e. The Hall–Kier alpha value is -2.54. The van der Waals surface area contributed by atoms with Crippen LogP contribution in [-0.2, 0) is 6.54 Å². The second-order valence-electron chi connectivity index (χ2n) is 7.85. The summed E-state index contributed by atoms with van der Waals surface area (Å²) in [4.78, 5) is 18.1. The van der Waals surface area contributed by atoms with E-state index in [1.807, 2.05) is 37.3 Å². The van der Waals surface area contributed by atoms with E-state index in [0.29, 0.717) is 28.6 Å². The van der Waals surface area contributed by atoms with E-state index in [9.17, 15) is 9.90 Å². The van der Waals surface area contributed by atoms with Gasteiger partial charge in [0.15, 0.2) is 0 Å². The topological polar surface area (TPSA) is 61.9 Å². The monoisotopic (exact) mass is 427 g/mol. The van der Waals surface area contributed by atoms with E-state index in [2.05, 4.69) is 16.8 Å². The number of rotatable bonds is 5. The van der Waals surface area contributed by atoms with Crippen LogP contribution >= 0.6 is 11.6 Å². The number of hydrogen-bond acceptors (Lipinski definition) is 5. The van der Waals surface area contributed by atoms with Gasteiger partial charge in [-0.05, 0) is 49.9 Å². The molecular weight excluding hydrogens is 402 g/mol. The molecular formula is C23H26ClN3O3. The van der Waals surface area contributed by atoms with Crippen LogP contribution in [0.5, 0.6) is 5.75 Å². The molecule has 0 bridgehead atoms. The van der Waals surface area contributed by atoms with E-state index < -0.39 is 0 Å². The average molecular weight is 428 g/mol. The Balaban J connectivity index is 1.84. The van der Waals surface area contributed by atoms with E-state index in [-0.39, 0.29) is 17.4 Å². The molecule has 1 unspecified atom stereocenters. The van der Waals surface area contributed by atoms with Crippen molar-refractivity contribution < 1.29 is 9.52 Å². The van der Waals surface area contributed by atoms with Gasteiger partial charge in [0, 0.05) is 36.9 Å². The number of likely N-dealkylation sites (N-methyl/N-ethyl adjacent to an activating group) is 1. The maximum atomic E-state index is 13.6. The summed E-state index contributed by atoms with van der Waals surface area (Å²) in [6, 6.07) is 12.5. The molecule has 30 heavy (non-hydrogen) atoms. The van der Waals surface area contributed by atoms with Crippen molar-refractivity contribution in [2.75, 3.05) is 33.2 Å². The zero-order chi connectivity index (χ0) is 21.3. The van der Waals surface area contributed by atoms with Gasteiger partial charge in [-0.1, -0.05) is 23.7 Å². The molecule has 0 aliphatic carbocycles. The van der Waals surface area contributed by atoms with Crippen LogP contribution in [0, 0.1) is 6.92 Å². The summed E-state index contributed by atoms with van der Waals surface area (Å²) in [5, 5.41) is 11.5. The van der Waals surface area contributed by atoms with Gasteiger partial charge in [0.05, 0.1) is 24.4 Å². The molecule has 7 heteroatoms. The molecule has 1 aliphatic rings. The number of aromatic hydroxyl groups is 1. The van der Waals surface area contributed by atoms with Gasteiger partial charge in [-0.3, -0.25) is 9.69 Å². The number of pyridine rings is 1. The smallest absolute Gasteiger partial charge is 0.260 e. The fourth-order valence-corrected chi connectivity index (χ4v) is 4.30. The summed E-state index contributed by atoms with van der Waals surface area (Å²) < 4.78 is 7.11. The van der Waals surface area contributed by atoms with Crippen molar-refractivity contribution in [3.63, 3.8) is 0 Å². The molecule has 0 saturated carbocycles. The van der Waals surface area contributed by atoms with Crippen LogP contribution in [0.2, 0.25) is 5.02 Å². The fraction of sp³-hybridized carbons (Fsp3) is 0.348. The molecule has 1 saturated heterocycles. The highest BCUT2D eigenvalue weighted by Gasteiger charge is 2.31. The molecule has 0 amide bonds. The van der Waals surface area contributed by atoms with Crippen LogP contribution in [-0.4, -0.2) is 52.7 Å². The third kappa shape index (κ3) is 4.17. The van der Waals surface area contributed by atoms with Crippen molar-refractivity contribution in [3.8, 4) is 5.75 Å². The van der Waals surface area contributed by atoms with E-state index >= 15 is 0 Å². The zero-order valence-corrected chi connectivity index (χ0v) is 18.0. The molecule has 4 rings (SSSR count). The molecule has 1 fully saturated rings. The second kappa shape index (κ2) is 8.68. The lowest BCUT2D eigenvalue weighted by Gasteiger charge is -2.38.